The zero-order valence-corrected chi connectivity index (χ0v) is 21.0. The normalized spacial score (nSPS) is 19.0. The first-order chi connectivity index (χ1) is 17.2. The Morgan fingerprint density at radius 1 is 1.06 bits per heavy atom. The summed E-state index contributed by atoms with van der Waals surface area (Å²) >= 11 is 1.68. The van der Waals surface area contributed by atoms with Gasteiger partial charge in [0.2, 0.25) is 5.91 Å². The minimum atomic E-state index is 0.192. The molecule has 2 aromatic carbocycles. The predicted octanol–water partition coefficient (Wildman–Crippen LogP) is 6.35. The van der Waals surface area contributed by atoms with Crippen LogP contribution in [0, 0.1) is 5.92 Å². The van der Waals surface area contributed by atoms with Crippen molar-refractivity contribution in [2.45, 2.75) is 57.5 Å². The third-order valence-corrected chi connectivity index (χ3v) is 8.57. The summed E-state index contributed by atoms with van der Waals surface area (Å²) < 4.78 is 8.12. The van der Waals surface area contributed by atoms with Crippen LogP contribution in [0.15, 0.2) is 54.0 Å². The van der Waals surface area contributed by atoms with E-state index in [4.69, 9.17) is 9.72 Å². The Morgan fingerprint density at radius 3 is 2.74 bits per heavy atom. The number of nitrogens with zero attached hydrogens (tertiary/aromatic N) is 3. The Hall–Kier alpha value is -2.70. The quantitative estimate of drug-likeness (QED) is 0.305. The van der Waals surface area contributed by atoms with E-state index < -0.39 is 0 Å². The van der Waals surface area contributed by atoms with Crippen molar-refractivity contribution in [1.29, 1.82) is 0 Å². The van der Waals surface area contributed by atoms with Gasteiger partial charge in [0.05, 0.1) is 11.8 Å². The molecule has 1 saturated carbocycles. The number of carbonyl (C=O) groups excluding carboxylic acids is 1. The number of amides is 1. The topological polar surface area (TPSA) is 46.8 Å². The summed E-state index contributed by atoms with van der Waals surface area (Å²) in [5.74, 6) is 0.537. The molecule has 3 heterocycles. The van der Waals surface area contributed by atoms with Gasteiger partial charge in [-0.3, -0.25) is 9.20 Å². The molecule has 1 amide bonds. The zero-order valence-electron chi connectivity index (χ0n) is 20.2. The largest absolute Gasteiger partial charge is 0.376 e. The number of carbonyl (C=O) groups is 1. The van der Waals surface area contributed by atoms with Crippen molar-refractivity contribution in [2.24, 2.45) is 5.92 Å². The average molecular weight is 488 g/mol. The maximum absolute atomic E-state index is 13.5. The second-order valence-corrected chi connectivity index (χ2v) is 10.9. The number of benzene rings is 2. The first-order valence-corrected chi connectivity index (χ1v) is 14.0. The summed E-state index contributed by atoms with van der Waals surface area (Å²) in [4.78, 5) is 21.5. The first-order valence-electron chi connectivity index (χ1n) is 13.1. The maximum Gasteiger partial charge on any atom is 0.225 e. The fourth-order valence-electron chi connectivity index (χ4n) is 5.68. The molecule has 1 atom stereocenters. The highest BCUT2D eigenvalue weighted by molar-refractivity contribution is 7.15. The van der Waals surface area contributed by atoms with E-state index in [1.54, 1.807) is 11.3 Å². The number of hydrogen-bond acceptors (Lipinski definition) is 4. The molecule has 182 valence electrons. The molecular weight excluding hydrogens is 454 g/mol. The van der Waals surface area contributed by atoms with Gasteiger partial charge in [0.15, 0.2) is 4.96 Å². The average Bonchev–Trinajstić information content (AvgIpc) is 3.65. The monoisotopic (exact) mass is 487 g/mol. The molecule has 2 fully saturated rings. The minimum absolute atomic E-state index is 0.192. The van der Waals surface area contributed by atoms with Crippen molar-refractivity contribution in [2.75, 3.05) is 19.7 Å². The number of imidazole rings is 1. The molecule has 5 nitrogen and oxygen atoms in total. The number of hydrogen-bond donors (Lipinski definition) is 0. The second kappa shape index (κ2) is 10.1. The second-order valence-electron chi connectivity index (χ2n) is 10.1. The molecule has 1 aliphatic carbocycles. The fourth-order valence-corrected chi connectivity index (χ4v) is 6.59. The predicted molar refractivity (Wildman–Crippen MR) is 142 cm³/mol. The van der Waals surface area contributed by atoms with Crippen molar-refractivity contribution in [3.05, 3.63) is 59.7 Å². The van der Waals surface area contributed by atoms with Crippen LogP contribution in [-0.4, -0.2) is 46.0 Å². The standard InChI is InChI=1S/C29H33N3O2S/c33-28(22-8-2-1-3-9-22)31(18-26-11-6-16-34-26)15-14-25-20-35-29-30-27(19-32(25)29)24-13-12-21-7-4-5-10-23(21)17-24/h4-5,7,10,12-13,17,19-20,22,26H,1-3,6,8-9,11,14-16,18H2. The van der Waals surface area contributed by atoms with Crippen molar-refractivity contribution >= 4 is 33.0 Å². The van der Waals surface area contributed by atoms with Gasteiger partial charge in [-0.2, -0.15) is 0 Å². The van der Waals surface area contributed by atoms with Crippen LogP contribution in [-0.2, 0) is 16.0 Å². The molecule has 1 saturated heterocycles. The number of aromatic nitrogens is 2. The summed E-state index contributed by atoms with van der Waals surface area (Å²) in [5.41, 5.74) is 3.36. The molecule has 0 spiro atoms. The van der Waals surface area contributed by atoms with Crippen LogP contribution in [0.3, 0.4) is 0 Å². The van der Waals surface area contributed by atoms with Crippen molar-refractivity contribution in [1.82, 2.24) is 14.3 Å². The van der Waals surface area contributed by atoms with Gasteiger partial charge >= 0.3 is 0 Å². The summed E-state index contributed by atoms with van der Waals surface area (Å²) in [5, 5.41) is 4.67. The molecule has 1 unspecified atom stereocenters. The van der Waals surface area contributed by atoms with E-state index in [-0.39, 0.29) is 12.0 Å². The molecule has 35 heavy (non-hydrogen) atoms. The summed E-state index contributed by atoms with van der Waals surface area (Å²) in [6, 6.07) is 15.0. The van der Waals surface area contributed by atoms with E-state index in [1.165, 1.54) is 35.7 Å². The van der Waals surface area contributed by atoms with Crippen molar-refractivity contribution in [3.8, 4) is 11.3 Å². The number of fused-ring (bicyclic) bond motifs is 2. The Morgan fingerprint density at radius 2 is 1.91 bits per heavy atom. The lowest BCUT2D eigenvalue weighted by Gasteiger charge is -2.31. The van der Waals surface area contributed by atoms with E-state index >= 15 is 0 Å². The van der Waals surface area contributed by atoms with Crippen LogP contribution in [0.4, 0.5) is 0 Å². The Kier molecular flexibility index (Phi) is 6.57. The van der Waals surface area contributed by atoms with Crippen LogP contribution < -0.4 is 0 Å². The van der Waals surface area contributed by atoms with Gasteiger partial charge in [0.1, 0.15) is 0 Å². The van der Waals surface area contributed by atoms with Crippen molar-refractivity contribution < 1.29 is 9.53 Å². The molecule has 6 heteroatoms. The highest BCUT2D eigenvalue weighted by Gasteiger charge is 2.29. The lowest BCUT2D eigenvalue weighted by atomic mass is 9.88. The van der Waals surface area contributed by atoms with Gasteiger partial charge < -0.3 is 9.64 Å². The Balaban J connectivity index is 1.20. The lowest BCUT2D eigenvalue weighted by molar-refractivity contribution is -0.138. The van der Waals surface area contributed by atoms with Crippen molar-refractivity contribution in [3.63, 3.8) is 0 Å². The fraction of sp³-hybridized carbons (Fsp3) is 0.448. The van der Waals surface area contributed by atoms with Crippen LogP contribution in [0.1, 0.15) is 50.6 Å². The van der Waals surface area contributed by atoms with E-state index in [2.05, 4.69) is 63.3 Å². The van der Waals surface area contributed by atoms with E-state index in [0.29, 0.717) is 5.91 Å². The van der Waals surface area contributed by atoms with Gasteiger partial charge in [-0.05, 0) is 42.5 Å². The van der Waals surface area contributed by atoms with Crippen LogP contribution in [0.2, 0.25) is 0 Å². The molecule has 4 aromatic rings. The number of rotatable bonds is 7. The summed E-state index contributed by atoms with van der Waals surface area (Å²) in [6.07, 6.45) is 11.1. The molecule has 0 radical (unpaired) electrons. The third-order valence-electron chi connectivity index (χ3n) is 7.68. The van der Waals surface area contributed by atoms with Gasteiger partial charge in [-0.15, -0.1) is 11.3 Å². The number of ether oxygens (including phenoxy) is 1. The molecule has 0 N–H and O–H groups in total. The smallest absolute Gasteiger partial charge is 0.225 e. The van der Waals surface area contributed by atoms with E-state index in [9.17, 15) is 4.79 Å². The van der Waals surface area contributed by atoms with Gasteiger partial charge in [-0.25, -0.2) is 4.98 Å². The lowest BCUT2D eigenvalue weighted by Crippen LogP contribution is -2.42. The van der Waals surface area contributed by atoms with Crippen LogP contribution in [0.5, 0.6) is 0 Å². The van der Waals surface area contributed by atoms with Gasteiger partial charge in [-0.1, -0.05) is 55.7 Å². The third kappa shape index (κ3) is 4.87. The summed E-state index contributed by atoms with van der Waals surface area (Å²) in [7, 11) is 0. The Bertz CT molecular complexity index is 1310. The molecular formula is C29H33N3O2S. The molecule has 2 aromatic heterocycles. The zero-order chi connectivity index (χ0) is 23.6. The first kappa shape index (κ1) is 22.7. The van der Waals surface area contributed by atoms with Gasteiger partial charge in [0.25, 0.3) is 0 Å². The Labute approximate surface area is 210 Å². The van der Waals surface area contributed by atoms with Crippen LogP contribution in [0.25, 0.3) is 27.0 Å². The number of thiazole rings is 1. The summed E-state index contributed by atoms with van der Waals surface area (Å²) in [6.45, 7) is 2.30. The van der Waals surface area contributed by atoms with Gasteiger partial charge in [0, 0.05) is 54.9 Å². The van der Waals surface area contributed by atoms with Crippen LogP contribution >= 0.6 is 11.3 Å². The molecule has 1 aliphatic heterocycles. The SMILES string of the molecule is O=C(C1CCCCC1)N(CCc1csc2nc(-c3ccc4ccccc4c3)cn12)CC1CCCO1. The highest BCUT2D eigenvalue weighted by atomic mass is 32.1. The molecule has 2 aliphatic rings. The minimum Gasteiger partial charge on any atom is -0.376 e. The van der Waals surface area contributed by atoms with E-state index in [1.807, 2.05) is 0 Å². The highest BCUT2D eigenvalue weighted by Crippen LogP contribution is 2.29. The molecule has 0 bridgehead atoms. The molecule has 6 rings (SSSR count). The van der Waals surface area contributed by atoms with E-state index in [0.717, 1.165) is 68.0 Å². The maximum atomic E-state index is 13.5.